The molecule has 12 heteroatoms. The lowest BCUT2D eigenvalue weighted by atomic mass is 10.3. The summed E-state index contributed by atoms with van der Waals surface area (Å²) in [5.74, 6) is -2.85. The van der Waals surface area contributed by atoms with Crippen molar-refractivity contribution in [1.29, 1.82) is 0 Å². The minimum absolute atomic E-state index is 0.147. The van der Waals surface area contributed by atoms with Crippen LogP contribution in [0.5, 0.6) is 0 Å². The summed E-state index contributed by atoms with van der Waals surface area (Å²) >= 11 is 8.52. The van der Waals surface area contributed by atoms with E-state index in [1.165, 1.54) is 0 Å². The third-order valence-corrected chi connectivity index (χ3v) is 4.63. The minimum atomic E-state index is -4.86. The molecule has 0 saturated carbocycles. The largest absolute Gasteiger partial charge is 0.451 e. The zero-order valence-electron chi connectivity index (χ0n) is 10.3. The van der Waals surface area contributed by atoms with E-state index in [-0.39, 0.29) is 14.6 Å². The number of carbonyl (C=O) groups excluding carboxylic acids is 1. The lowest BCUT2D eigenvalue weighted by Gasteiger charge is -2.05. The molecule has 1 aromatic carbocycles. The summed E-state index contributed by atoms with van der Waals surface area (Å²) in [7, 11) is -4.86. The molecule has 0 saturated heterocycles. The molecule has 0 unspecified atom stereocenters. The zero-order chi connectivity index (χ0) is 16.7. The number of aromatic nitrogens is 2. The number of hydrogen-bond donors (Lipinski definition) is 3. The molecule has 1 aromatic heterocycles. The van der Waals surface area contributed by atoms with Gasteiger partial charge in [0.2, 0.25) is 0 Å². The number of amides is 1. The molecule has 2 aromatic rings. The number of carbonyl (C=O) groups is 1. The highest BCUT2D eigenvalue weighted by Gasteiger charge is 2.29. The van der Waals surface area contributed by atoms with Gasteiger partial charge in [0.1, 0.15) is 11.6 Å². The Kier molecular flexibility index (Phi) is 4.69. The topological polar surface area (TPSA) is 104 Å². The Bertz CT molecular complexity index is 810. The van der Waals surface area contributed by atoms with Gasteiger partial charge >= 0.3 is 7.75 Å². The highest BCUT2D eigenvalue weighted by Crippen LogP contribution is 2.42. The van der Waals surface area contributed by atoms with E-state index in [1.54, 1.807) is 0 Å². The predicted octanol–water partition coefficient (Wildman–Crippen LogP) is 2.77. The molecule has 0 aliphatic heterocycles. The van der Waals surface area contributed by atoms with Crippen molar-refractivity contribution in [2.75, 3.05) is 5.32 Å². The molecule has 0 atom stereocenters. The van der Waals surface area contributed by atoms with Gasteiger partial charge in [0.15, 0.2) is 10.8 Å². The van der Waals surface area contributed by atoms with Crippen LogP contribution in [0.1, 0.15) is 10.5 Å². The minimum Gasteiger partial charge on any atom is -0.318 e. The Morgan fingerprint density at radius 2 is 2.05 bits per heavy atom. The van der Waals surface area contributed by atoms with Crippen LogP contribution in [0.25, 0.3) is 0 Å². The first-order chi connectivity index (χ1) is 10.1. The molecule has 118 valence electrons. The Morgan fingerprint density at radius 1 is 1.41 bits per heavy atom. The zero-order valence-corrected chi connectivity index (χ0v) is 13.5. The molecule has 1 amide bonds. The van der Waals surface area contributed by atoms with E-state index in [1.807, 2.05) is 0 Å². The molecule has 0 aliphatic rings. The predicted molar refractivity (Wildman–Crippen MR) is 76.7 cm³/mol. The lowest BCUT2D eigenvalue weighted by Crippen LogP contribution is -2.14. The normalized spacial score (nSPS) is 11.5. The average molecular weight is 417 g/mol. The summed E-state index contributed by atoms with van der Waals surface area (Å²) in [5.41, 5.74) is -0.808. The quantitative estimate of drug-likeness (QED) is 0.668. The Morgan fingerprint density at radius 3 is 2.55 bits per heavy atom. The lowest BCUT2D eigenvalue weighted by molar-refractivity contribution is 0.102. The van der Waals surface area contributed by atoms with Gasteiger partial charge in [-0.25, -0.2) is 13.3 Å². The molecule has 7 nitrogen and oxygen atoms in total. The van der Waals surface area contributed by atoms with E-state index in [0.717, 1.165) is 12.1 Å². The fourth-order valence-corrected chi connectivity index (χ4v) is 2.98. The van der Waals surface area contributed by atoms with Crippen molar-refractivity contribution in [3.8, 4) is 0 Å². The fraction of sp³-hybridized carbons (Fsp3) is 0. The van der Waals surface area contributed by atoms with E-state index in [9.17, 15) is 18.1 Å². The van der Waals surface area contributed by atoms with Crippen molar-refractivity contribution in [3.05, 3.63) is 45.2 Å². The van der Waals surface area contributed by atoms with Crippen molar-refractivity contribution < 1.29 is 27.9 Å². The van der Waals surface area contributed by atoms with Crippen molar-refractivity contribution >= 4 is 46.9 Å². The number of nitrogens with zero attached hydrogens (tertiary/aromatic N) is 2. The Balaban J connectivity index is 2.36. The number of benzene rings is 1. The molecule has 1 heterocycles. The van der Waals surface area contributed by atoms with Crippen LogP contribution in [0.3, 0.4) is 0 Å². The van der Waals surface area contributed by atoms with Crippen molar-refractivity contribution in [2.45, 2.75) is 0 Å². The number of anilines is 1. The van der Waals surface area contributed by atoms with E-state index in [0.29, 0.717) is 6.07 Å². The van der Waals surface area contributed by atoms with Crippen LogP contribution < -0.4 is 5.32 Å². The van der Waals surface area contributed by atoms with Gasteiger partial charge in [0.05, 0.1) is 10.2 Å². The number of halogens is 4. The summed E-state index contributed by atoms with van der Waals surface area (Å²) in [6.45, 7) is 0. The molecule has 0 aliphatic carbocycles. The molecule has 2 rings (SSSR count). The smallest absolute Gasteiger partial charge is 0.318 e. The maximum absolute atomic E-state index is 13.5. The van der Waals surface area contributed by atoms with Crippen LogP contribution in [0.4, 0.5) is 14.5 Å². The highest BCUT2D eigenvalue weighted by atomic mass is 79.9. The van der Waals surface area contributed by atoms with Crippen LogP contribution >= 0.6 is 35.3 Å². The van der Waals surface area contributed by atoms with Gasteiger partial charge in [0.25, 0.3) is 5.91 Å². The first-order valence-corrected chi connectivity index (χ1v) is 8.11. The van der Waals surface area contributed by atoms with Gasteiger partial charge in [-0.2, -0.15) is 9.55 Å². The molecular weight excluding hydrogens is 410 g/mol. The van der Waals surface area contributed by atoms with Gasteiger partial charge < -0.3 is 15.1 Å². The van der Waals surface area contributed by atoms with Crippen LogP contribution in [0.15, 0.2) is 22.7 Å². The van der Waals surface area contributed by atoms with Crippen LogP contribution in [-0.4, -0.2) is 25.2 Å². The molecular formula is C10H6BrClF2N3O4P. The van der Waals surface area contributed by atoms with Gasteiger partial charge in [-0.1, -0.05) is 11.6 Å². The first kappa shape index (κ1) is 17.0. The summed E-state index contributed by atoms with van der Waals surface area (Å²) < 4.78 is 37.4. The molecule has 22 heavy (non-hydrogen) atoms. The van der Waals surface area contributed by atoms with E-state index >= 15 is 0 Å². The molecule has 0 bridgehead atoms. The number of nitrogens with one attached hydrogen (secondary N) is 1. The Labute approximate surface area is 135 Å². The van der Waals surface area contributed by atoms with E-state index < -0.39 is 36.1 Å². The third kappa shape index (κ3) is 3.36. The van der Waals surface area contributed by atoms with Crippen LogP contribution in [0.2, 0.25) is 5.15 Å². The van der Waals surface area contributed by atoms with Crippen molar-refractivity contribution in [2.24, 2.45) is 0 Å². The SMILES string of the molecule is O=C(Nc1ccc(F)cc1F)c1nn(P(=O)(O)O)c(Cl)c1Br. The van der Waals surface area contributed by atoms with Crippen molar-refractivity contribution in [1.82, 2.24) is 9.55 Å². The van der Waals surface area contributed by atoms with Gasteiger partial charge in [0, 0.05) is 6.07 Å². The monoisotopic (exact) mass is 415 g/mol. The molecule has 0 radical (unpaired) electrons. The highest BCUT2D eigenvalue weighted by molar-refractivity contribution is 9.10. The summed E-state index contributed by atoms with van der Waals surface area (Å²) in [5, 5.41) is 4.98. The average Bonchev–Trinajstić information content (AvgIpc) is 2.69. The van der Waals surface area contributed by atoms with Gasteiger partial charge in [-0.15, -0.1) is 0 Å². The van der Waals surface area contributed by atoms with Gasteiger partial charge in [-0.05, 0) is 28.1 Å². The maximum atomic E-state index is 13.5. The second kappa shape index (κ2) is 6.05. The number of hydrogen-bond acceptors (Lipinski definition) is 3. The van der Waals surface area contributed by atoms with Crippen molar-refractivity contribution in [3.63, 3.8) is 0 Å². The second-order valence-corrected chi connectivity index (χ2v) is 6.49. The van der Waals surface area contributed by atoms with E-state index in [4.69, 9.17) is 21.4 Å². The standard InChI is InChI=1S/C10H6BrClF2N3O4P/c11-7-8(16-17(9(7)12)22(19,20)21)10(18)15-6-2-1-4(13)3-5(6)14/h1-3H,(H,15,18)(H2,19,20,21). The molecule has 0 fully saturated rings. The molecule has 3 N–H and O–H groups in total. The summed E-state index contributed by atoms with van der Waals surface area (Å²) in [6, 6.07) is 2.47. The number of rotatable bonds is 3. The summed E-state index contributed by atoms with van der Waals surface area (Å²) in [6.07, 6.45) is 0. The summed E-state index contributed by atoms with van der Waals surface area (Å²) in [4.78, 5) is 30.0. The maximum Gasteiger partial charge on any atom is 0.451 e. The molecule has 0 spiro atoms. The van der Waals surface area contributed by atoms with Gasteiger partial charge in [-0.3, -0.25) is 4.79 Å². The van der Waals surface area contributed by atoms with Crippen LogP contribution in [0, 0.1) is 11.6 Å². The first-order valence-electron chi connectivity index (χ1n) is 5.38. The van der Waals surface area contributed by atoms with E-state index in [2.05, 4.69) is 26.3 Å². The third-order valence-electron chi connectivity index (χ3n) is 2.40. The van der Waals surface area contributed by atoms with Crippen LogP contribution in [-0.2, 0) is 4.57 Å². The fourth-order valence-electron chi connectivity index (χ4n) is 1.46. The second-order valence-electron chi connectivity index (χ2n) is 3.93. The Hall–Kier alpha value is -1.32.